The van der Waals surface area contributed by atoms with Crippen LogP contribution in [0.5, 0.6) is 5.75 Å². The highest BCUT2D eigenvalue weighted by Gasteiger charge is 2.49. The van der Waals surface area contributed by atoms with Gasteiger partial charge in [-0.15, -0.1) is 0 Å². The van der Waals surface area contributed by atoms with Crippen molar-refractivity contribution in [2.45, 2.75) is 49.7 Å². The Bertz CT molecular complexity index is 1270. The fourth-order valence-corrected chi connectivity index (χ4v) is 6.65. The first kappa shape index (κ1) is 25.8. The molecule has 1 fully saturated rings. The third-order valence-corrected chi connectivity index (χ3v) is 8.01. The Labute approximate surface area is 214 Å². The zero-order valence-electron chi connectivity index (χ0n) is 19.3. The van der Waals surface area contributed by atoms with Gasteiger partial charge in [-0.2, -0.15) is 0 Å². The number of rotatable bonds is 6. The topological polar surface area (TPSA) is 119 Å². The van der Waals surface area contributed by atoms with Gasteiger partial charge in [-0.05, 0) is 48.2 Å². The Morgan fingerprint density at radius 2 is 1.80 bits per heavy atom. The molecule has 0 saturated heterocycles. The standard InChI is InChI=1S/C24H27Cl2N3O5S/c1-34-14-8-10-15-17(12-14)24(31)29(20-6-4-3-5-19(20)28-35(2,32)33)22(21(15)23(27)30)16-9-7-13(25)11-18(16)26/h7-12,19-22,28H,3-6H2,1-2H3,(H2,27,30)/t19?,20-,21+,22-/m0/s1. The summed E-state index contributed by atoms with van der Waals surface area (Å²) in [4.78, 5) is 28.6. The van der Waals surface area contributed by atoms with Crippen molar-refractivity contribution < 1.29 is 22.7 Å². The number of halogens is 2. The molecular weight excluding hydrogens is 513 g/mol. The predicted molar refractivity (Wildman–Crippen MR) is 134 cm³/mol. The lowest BCUT2D eigenvalue weighted by molar-refractivity contribution is -0.121. The summed E-state index contributed by atoms with van der Waals surface area (Å²) in [6.07, 6.45) is 3.79. The molecular formula is C24H27Cl2N3O5S. The van der Waals surface area contributed by atoms with Crippen molar-refractivity contribution >= 4 is 45.0 Å². The van der Waals surface area contributed by atoms with E-state index < -0.39 is 40.0 Å². The SMILES string of the molecule is COc1ccc2c(c1)C(=O)N([C@H]1CCCCC1NS(C)(=O)=O)[C@@H](c1ccc(Cl)cc1Cl)[C@@H]2C(N)=O. The molecule has 2 amide bonds. The lowest BCUT2D eigenvalue weighted by Gasteiger charge is -2.49. The molecule has 4 atom stereocenters. The van der Waals surface area contributed by atoms with Crippen molar-refractivity contribution in [2.75, 3.05) is 13.4 Å². The van der Waals surface area contributed by atoms with Gasteiger partial charge in [0.25, 0.3) is 5.91 Å². The molecule has 8 nitrogen and oxygen atoms in total. The Balaban J connectivity index is 1.95. The summed E-state index contributed by atoms with van der Waals surface area (Å²) >= 11 is 12.7. The van der Waals surface area contributed by atoms with Crippen LogP contribution in [0, 0.1) is 0 Å². The van der Waals surface area contributed by atoms with Crippen molar-refractivity contribution in [3.05, 3.63) is 63.1 Å². The summed E-state index contributed by atoms with van der Waals surface area (Å²) in [7, 11) is -2.06. The van der Waals surface area contributed by atoms with Gasteiger partial charge in [0, 0.05) is 27.7 Å². The Morgan fingerprint density at radius 1 is 1.11 bits per heavy atom. The summed E-state index contributed by atoms with van der Waals surface area (Å²) in [5.74, 6) is -1.45. The number of methoxy groups -OCH3 is 1. The first-order valence-corrected chi connectivity index (χ1v) is 13.9. The summed E-state index contributed by atoms with van der Waals surface area (Å²) in [5.41, 5.74) is 7.22. The number of hydrogen-bond donors (Lipinski definition) is 2. The van der Waals surface area contributed by atoms with Crippen LogP contribution in [0.15, 0.2) is 36.4 Å². The van der Waals surface area contributed by atoms with Crippen molar-refractivity contribution in [1.82, 2.24) is 9.62 Å². The van der Waals surface area contributed by atoms with Gasteiger partial charge < -0.3 is 15.4 Å². The zero-order chi connectivity index (χ0) is 25.5. The van der Waals surface area contributed by atoms with Gasteiger partial charge in [0.2, 0.25) is 15.9 Å². The maximum absolute atomic E-state index is 14.1. The van der Waals surface area contributed by atoms with E-state index >= 15 is 0 Å². The summed E-state index contributed by atoms with van der Waals surface area (Å²) < 4.78 is 32.3. The van der Waals surface area contributed by atoms with E-state index in [9.17, 15) is 18.0 Å². The van der Waals surface area contributed by atoms with E-state index in [-0.39, 0.29) is 16.5 Å². The fraction of sp³-hybridized carbons (Fsp3) is 0.417. The molecule has 0 spiro atoms. The second kappa shape index (κ2) is 9.97. The minimum absolute atomic E-state index is 0.284. The monoisotopic (exact) mass is 539 g/mol. The largest absolute Gasteiger partial charge is 0.497 e. The second-order valence-electron chi connectivity index (χ2n) is 9.00. The van der Waals surface area contributed by atoms with E-state index in [4.69, 9.17) is 33.7 Å². The molecule has 1 saturated carbocycles. The van der Waals surface area contributed by atoms with Gasteiger partial charge in [-0.1, -0.05) is 48.2 Å². The summed E-state index contributed by atoms with van der Waals surface area (Å²) in [6.45, 7) is 0. The lowest BCUT2D eigenvalue weighted by atomic mass is 9.76. The summed E-state index contributed by atoms with van der Waals surface area (Å²) in [6, 6.07) is 7.90. The molecule has 2 aromatic rings. The molecule has 35 heavy (non-hydrogen) atoms. The van der Waals surface area contributed by atoms with Crippen LogP contribution in [0.4, 0.5) is 0 Å². The number of sulfonamides is 1. The molecule has 2 aromatic carbocycles. The molecule has 188 valence electrons. The molecule has 0 aromatic heterocycles. The minimum atomic E-state index is -3.55. The van der Waals surface area contributed by atoms with Crippen LogP contribution >= 0.6 is 23.2 Å². The summed E-state index contributed by atoms with van der Waals surface area (Å²) in [5, 5.41) is 0.689. The van der Waals surface area contributed by atoms with E-state index in [2.05, 4.69) is 4.72 Å². The Kier molecular flexibility index (Phi) is 7.33. The predicted octanol–water partition coefficient (Wildman–Crippen LogP) is 3.63. The number of nitrogens with two attached hydrogens (primary N) is 1. The second-order valence-corrected chi connectivity index (χ2v) is 11.6. The number of primary amides is 1. The maximum atomic E-state index is 14.1. The van der Waals surface area contributed by atoms with Crippen LogP contribution in [0.2, 0.25) is 10.0 Å². The number of nitrogens with one attached hydrogen (secondary N) is 1. The van der Waals surface area contributed by atoms with Gasteiger partial charge in [-0.3, -0.25) is 9.59 Å². The number of fused-ring (bicyclic) bond motifs is 1. The average Bonchev–Trinajstić information content (AvgIpc) is 2.78. The van der Waals surface area contributed by atoms with Gasteiger partial charge >= 0.3 is 0 Å². The molecule has 0 radical (unpaired) electrons. The number of carbonyl (C=O) groups is 2. The first-order chi connectivity index (χ1) is 16.5. The van der Waals surface area contributed by atoms with Crippen molar-refractivity contribution in [1.29, 1.82) is 0 Å². The Hall–Kier alpha value is -2.33. The molecule has 1 aliphatic carbocycles. The molecule has 3 N–H and O–H groups in total. The van der Waals surface area contributed by atoms with E-state index in [1.807, 2.05) is 0 Å². The van der Waals surface area contributed by atoms with Crippen LogP contribution in [0.1, 0.15) is 59.1 Å². The van der Waals surface area contributed by atoms with Crippen LogP contribution in [0.25, 0.3) is 0 Å². The number of carbonyl (C=O) groups excluding carboxylic acids is 2. The maximum Gasteiger partial charge on any atom is 0.255 e. The lowest BCUT2D eigenvalue weighted by Crippen LogP contribution is -2.59. The first-order valence-electron chi connectivity index (χ1n) is 11.2. The van der Waals surface area contributed by atoms with E-state index in [0.29, 0.717) is 34.7 Å². The van der Waals surface area contributed by atoms with E-state index in [1.54, 1.807) is 41.3 Å². The van der Waals surface area contributed by atoms with Crippen molar-refractivity contribution in [2.24, 2.45) is 5.73 Å². The van der Waals surface area contributed by atoms with Gasteiger partial charge in [0.05, 0.1) is 25.3 Å². The molecule has 0 bridgehead atoms. The smallest absolute Gasteiger partial charge is 0.255 e. The van der Waals surface area contributed by atoms with Crippen LogP contribution < -0.4 is 15.2 Å². The van der Waals surface area contributed by atoms with Crippen LogP contribution in [-0.2, 0) is 14.8 Å². The Morgan fingerprint density at radius 3 is 2.43 bits per heavy atom. The molecule has 4 rings (SSSR count). The zero-order valence-corrected chi connectivity index (χ0v) is 21.7. The number of hydrogen-bond acceptors (Lipinski definition) is 5. The van der Waals surface area contributed by atoms with E-state index in [0.717, 1.165) is 19.1 Å². The molecule has 1 heterocycles. The minimum Gasteiger partial charge on any atom is -0.497 e. The van der Waals surface area contributed by atoms with Gasteiger partial charge in [-0.25, -0.2) is 13.1 Å². The van der Waals surface area contributed by atoms with Gasteiger partial charge in [0.15, 0.2) is 0 Å². The number of amides is 2. The molecule has 1 unspecified atom stereocenters. The third-order valence-electron chi connectivity index (χ3n) is 6.72. The highest BCUT2D eigenvalue weighted by molar-refractivity contribution is 7.88. The molecule has 11 heteroatoms. The quantitative estimate of drug-likeness (QED) is 0.580. The highest BCUT2D eigenvalue weighted by atomic mass is 35.5. The van der Waals surface area contributed by atoms with Crippen LogP contribution in [0.3, 0.4) is 0 Å². The number of nitrogens with zero attached hydrogens (tertiary/aromatic N) is 1. The number of ether oxygens (including phenoxy) is 1. The van der Waals surface area contributed by atoms with Crippen LogP contribution in [-0.4, -0.2) is 50.6 Å². The fourth-order valence-electron chi connectivity index (χ4n) is 5.31. The van der Waals surface area contributed by atoms with Crippen molar-refractivity contribution in [3.8, 4) is 5.75 Å². The molecule has 1 aliphatic heterocycles. The highest BCUT2D eigenvalue weighted by Crippen LogP contribution is 2.48. The van der Waals surface area contributed by atoms with Gasteiger partial charge in [0.1, 0.15) is 5.75 Å². The normalized spacial score (nSPS) is 24.7. The average molecular weight is 540 g/mol. The van der Waals surface area contributed by atoms with E-state index in [1.165, 1.54) is 7.11 Å². The molecule has 2 aliphatic rings. The number of benzene rings is 2. The van der Waals surface area contributed by atoms with Crippen molar-refractivity contribution in [3.63, 3.8) is 0 Å². The third kappa shape index (κ3) is 5.14.